The topological polar surface area (TPSA) is 44.1 Å². The van der Waals surface area contributed by atoms with Crippen LogP contribution in [0.1, 0.15) is 10.5 Å². The van der Waals surface area contributed by atoms with Gasteiger partial charge in [-0.3, -0.25) is 4.57 Å². The van der Waals surface area contributed by atoms with Crippen molar-refractivity contribution < 1.29 is 9.53 Å². The van der Waals surface area contributed by atoms with Crippen LogP contribution in [0, 0.1) is 0 Å². The summed E-state index contributed by atoms with van der Waals surface area (Å²) in [5, 5.41) is 3.04. The largest absolute Gasteiger partial charge is 0.464 e. The van der Waals surface area contributed by atoms with Crippen molar-refractivity contribution in [2.45, 2.75) is 0 Å². The fraction of sp³-hybridized carbons (Fsp3) is 0.0526. The van der Waals surface area contributed by atoms with Crippen molar-refractivity contribution >= 4 is 27.6 Å². The van der Waals surface area contributed by atoms with Crippen molar-refractivity contribution in [3.05, 3.63) is 72.6 Å². The molecule has 0 aliphatic heterocycles. The number of carbonyl (C=O) groups is 1. The minimum atomic E-state index is -0.379. The maximum Gasteiger partial charge on any atom is 0.355 e. The Labute approximate surface area is 132 Å². The van der Waals surface area contributed by atoms with Gasteiger partial charge in [0.15, 0.2) is 0 Å². The van der Waals surface area contributed by atoms with Crippen LogP contribution in [0.15, 0.2) is 66.9 Å². The molecular weight excluding hydrogens is 288 g/mol. The summed E-state index contributed by atoms with van der Waals surface area (Å²) in [6.07, 6.45) is 1.76. The molecule has 4 aromatic rings. The number of rotatable bonds is 2. The number of pyridine rings is 1. The number of para-hydroxylation sites is 1. The quantitative estimate of drug-likeness (QED) is 0.526. The summed E-state index contributed by atoms with van der Waals surface area (Å²) < 4.78 is 6.82. The fourth-order valence-electron chi connectivity index (χ4n) is 2.92. The zero-order valence-electron chi connectivity index (χ0n) is 12.6. The summed E-state index contributed by atoms with van der Waals surface area (Å²) in [7, 11) is 1.39. The van der Waals surface area contributed by atoms with Crippen molar-refractivity contribution in [3.8, 4) is 5.82 Å². The third-order valence-electron chi connectivity index (χ3n) is 3.97. The molecule has 0 aliphatic carbocycles. The molecule has 0 fully saturated rings. The second-order valence-corrected chi connectivity index (χ2v) is 5.27. The monoisotopic (exact) mass is 302 g/mol. The highest BCUT2D eigenvalue weighted by atomic mass is 16.5. The average Bonchev–Trinajstić information content (AvgIpc) is 3.00. The van der Waals surface area contributed by atoms with E-state index in [0.717, 1.165) is 27.5 Å². The maximum atomic E-state index is 12.2. The van der Waals surface area contributed by atoms with Crippen LogP contribution in [0.4, 0.5) is 0 Å². The zero-order chi connectivity index (χ0) is 15.8. The molecule has 0 aliphatic rings. The van der Waals surface area contributed by atoms with E-state index < -0.39 is 0 Å². The van der Waals surface area contributed by atoms with E-state index in [9.17, 15) is 4.79 Å². The summed E-state index contributed by atoms with van der Waals surface area (Å²) in [6, 6.07) is 19.6. The van der Waals surface area contributed by atoms with Gasteiger partial charge in [0.25, 0.3) is 0 Å². The molecule has 0 atom stereocenters. The van der Waals surface area contributed by atoms with Gasteiger partial charge in [-0.15, -0.1) is 0 Å². The molecule has 0 unspecified atom stereocenters. The molecule has 23 heavy (non-hydrogen) atoms. The first kappa shape index (κ1) is 13.5. The molecule has 4 nitrogen and oxygen atoms in total. The Kier molecular flexibility index (Phi) is 3.08. The van der Waals surface area contributed by atoms with Gasteiger partial charge >= 0.3 is 5.97 Å². The van der Waals surface area contributed by atoms with Crippen LogP contribution >= 0.6 is 0 Å². The Balaban J connectivity index is 2.13. The summed E-state index contributed by atoms with van der Waals surface area (Å²) in [5.41, 5.74) is 1.40. The lowest BCUT2D eigenvalue weighted by molar-refractivity contribution is 0.0592. The third kappa shape index (κ3) is 2.07. The summed E-state index contributed by atoms with van der Waals surface area (Å²) >= 11 is 0. The van der Waals surface area contributed by atoms with Crippen molar-refractivity contribution in [1.29, 1.82) is 0 Å². The van der Waals surface area contributed by atoms with Crippen LogP contribution in [-0.4, -0.2) is 22.6 Å². The van der Waals surface area contributed by atoms with Gasteiger partial charge in [-0.1, -0.05) is 42.5 Å². The molecule has 112 valence electrons. The Morgan fingerprint density at radius 3 is 2.57 bits per heavy atom. The summed E-state index contributed by atoms with van der Waals surface area (Å²) in [4.78, 5) is 16.8. The van der Waals surface area contributed by atoms with Crippen LogP contribution in [0.2, 0.25) is 0 Å². The maximum absolute atomic E-state index is 12.2. The fourth-order valence-corrected chi connectivity index (χ4v) is 2.92. The Morgan fingerprint density at radius 1 is 1.00 bits per heavy atom. The molecule has 2 aromatic carbocycles. The molecule has 4 heteroatoms. The number of methoxy groups -OCH3 is 1. The smallest absolute Gasteiger partial charge is 0.355 e. The predicted molar refractivity (Wildman–Crippen MR) is 89.9 cm³/mol. The first-order chi connectivity index (χ1) is 11.3. The molecule has 0 saturated heterocycles. The highest BCUT2D eigenvalue weighted by molar-refractivity contribution is 5.99. The van der Waals surface area contributed by atoms with Gasteiger partial charge < -0.3 is 4.74 Å². The van der Waals surface area contributed by atoms with Crippen LogP contribution < -0.4 is 0 Å². The van der Waals surface area contributed by atoms with Gasteiger partial charge in [-0.05, 0) is 23.6 Å². The van der Waals surface area contributed by atoms with E-state index in [1.165, 1.54) is 7.11 Å². The standard InChI is InChI=1S/C19H14N2O2/c1-23-19(22)17-12-14-7-3-5-9-16(14)21(17)18-15-8-4-2-6-13(15)10-11-20-18/h2-12H,1H3. The molecule has 0 bridgehead atoms. The molecule has 0 saturated carbocycles. The van der Waals surface area contributed by atoms with E-state index in [1.807, 2.05) is 65.2 Å². The lowest BCUT2D eigenvalue weighted by Crippen LogP contribution is -2.10. The van der Waals surface area contributed by atoms with Crippen LogP contribution in [0.25, 0.3) is 27.5 Å². The van der Waals surface area contributed by atoms with E-state index in [1.54, 1.807) is 6.20 Å². The molecule has 0 amide bonds. The molecule has 0 radical (unpaired) electrons. The Hall–Kier alpha value is -3.14. The number of aromatic nitrogens is 2. The lowest BCUT2D eigenvalue weighted by atomic mass is 10.1. The number of hydrogen-bond acceptors (Lipinski definition) is 3. The molecule has 0 spiro atoms. The normalized spacial score (nSPS) is 11.0. The minimum absolute atomic E-state index is 0.379. The predicted octanol–water partition coefficient (Wildman–Crippen LogP) is 3.97. The molecular formula is C19H14N2O2. The first-order valence-corrected chi connectivity index (χ1v) is 7.32. The van der Waals surface area contributed by atoms with Crippen LogP contribution in [0.3, 0.4) is 0 Å². The van der Waals surface area contributed by atoms with E-state index in [-0.39, 0.29) is 5.97 Å². The molecule has 4 rings (SSSR count). The second kappa shape index (κ2) is 5.25. The minimum Gasteiger partial charge on any atom is -0.464 e. The van der Waals surface area contributed by atoms with Gasteiger partial charge in [0, 0.05) is 17.0 Å². The number of ether oxygens (including phenoxy) is 1. The van der Waals surface area contributed by atoms with Crippen molar-refractivity contribution in [2.75, 3.05) is 7.11 Å². The SMILES string of the molecule is COC(=O)c1cc2ccccc2n1-c1nccc2ccccc12. The lowest BCUT2D eigenvalue weighted by Gasteiger charge is -2.11. The van der Waals surface area contributed by atoms with E-state index >= 15 is 0 Å². The highest BCUT2D eigenvalue weighted by Crippen LogP contribution is 2.28. The van der Waals surface area contributed by atoms with Gasteiger partial charge in [0.1, 0.15) is 11.5 Å². The van der Waals surface area contributed by atoms with Gasteiger partial charge in [-0.2, -0.15) is 0 Å². The van der Waals surface area contributed by atoms with Crippen molar-refractivity contribution in [1.82, 2.24) is 9.55 Å². The van der Waals surface area contributed by atoms with E-state index in [4.69, 9.17) is 4.74 Å². The Bertz CT molecular complexity index is 1030. The van der Waals surface area contributed by atoms with E-state index in [2.05, 4.69) is 4.98 Å². The zero-order valence-corrected chi connectivity index (χ0v) is 12.6. The first-order valence-electron chi connectivity index (χ1n) is 7.32. The highest BCUT2D eigenvalue weighted by Gasteiger charge is 2.19. The average molecular weight is 302 g/mol. The number of benzene rings is 2. The van der Waals surface area contributed by atoms with Gasteiger partial charge in [0.2, 0.25) is 0 Å². The third-order valence-corrected chi connectivity index (χ3v) is 3.97. The Morgan fingerprint density at radius 2 is 1.74 bits per heavy atom. The second-order valence-electron chi connectivity index (χ2n) is 5.27. The molecule has 0 N–H and O–H groups in total. The molecule has 2 aromatic heterocycles. The number of esters is 1. The van der Waals surface area contributed by atoms with Crippen molar-refractivity contribution in [3.63, 3.8) is 0 Å². The number of nitrogens with zero attached hydrogens (tertiary/aromatic N) is 2. The van der Waals surface area contributed by atoms with Crippen LogP contribution in [0.5, 0.6) is 0 Å². The van der Waals surface area contributed by atoms with Gasteiger partial charge in [-0.25, -0.2) is 9.78 Å². The van der Waals surface area contributed by atoms with E-state index in [0.29, 0.717) is 5.69 Å². The van der Waals surface area contributed by atoms with Crippen LogP contribution in [-0.2, 0) is 4.74 Å². The number of fused-ring (bicyclic) bond motifs is 2. The summed E-state index contributed by atoms with van der Waals surface area (Å²) in [6.45, 7) is 0. The summed E-state index contributed by atoms with van der Waals surface area (Å²) in [5.74, 6) is 0.348. The van der Waals surface area contributed by atoms with Crippen molar-refractivity contribution in [2.24, 2.45) is 0 Å². The van der Waals surface area contributed by atoms with Gasteiger partial charge in [0.05, 0.1) is 12.6 Å². The number of hydrogen-bond donors (Lipinski definition) is 0. The number of carbonyl (C=O) groups excluding carboxylic acids is 1. The molecule has 2 heterocycles.